The second kappa shape index (κ2) is 6.81. The van der Waals surface area contributed by atoms with Crippen LogP contribution in [0.3, 0.4) is 0 Å². The normalized spacial score (nSPS) is 11.8. The molecule has 16 heavy (non-hydrogen) atoms. The lowest BCUT2D eigenvalue weighted by atomic mass is 10.0. The molecule has 0 saturated heterocycles. The summed E-state index contributed by atoms with van der Waals surface area (Å²) in [7, 11) is 0. The molecule has 3 heteroatoms. The second-order valence-corrected chi connectivity index (χ2v) is 4.25. The molecule has 1 aromatic carbocycles. The van der Waals surface area contributed by atoms with Gasteiger partial charge in [0, 0.05) is 22.5 Å². The molecule has 86 valence electrons. The number of benzene rings is 1. The highest BCUT2D eigenvalue weighted by Crippen LogP contribution is 2.27. The highest BCUT2D eigenvalue weighted by Gasteiger charge is 2.12. The van der Waals surface area contributed by atoms with Crippen molar-refractivity contribution in [3.05, 3.63) is 33.8 Å². The first-order chi connectivity index (χ1) is 7.69. The van der Waals surface area contributed by atoms with Crippen molar-refractivity contribution in [3.8, 4) is 11.8 Å². The van der Waals surface area contributed by atoms with Gasteiger partial charge in [0.15, 0.2) is 0 Å². The molecule has 0 spiro atoms. The first kappa shape index (κ1) is 13.4. The predicted molar refractivity (Wildman–Crippen MR) is 70.9 cm³/mol. The Balaban J connectivity index is 2.97. The van der Waals surface area contributed by atoms with E-state index in [9.17, 15) is 0 Å². The molecule has 0 heterocycles. The van der Waals surface area contributed by atoms with Crippen LogP contribution < -0.4 is 5.32 Å². The van der Waals surface area contributed by atoms with Crippen LogP contribution in [0.15, 0.2) is 18.2 Å². The maximum absolute atomic E-state index is 6.16. The summed E-state index contributed by atoms with van der Waals surface area (Å²) in [6, 6.07) is 5.66. The summed E-state index contributed by atoms with van der Waals surface area (Å²) in [4.78, 5) is 0. The number of nitrogens with one attached hydrogen (secondary N) is 1. The summed E-state index contributed by atoms with van der Waals surface area (Å²) in [6.45, 7) is 4.77. The first-order valence-electron chi connectivity index (χ1n) is 5.27. The van der Waals surface area contributed by atoms with E-state index in [1.165, 1.54) is 0 Å². The molecule has 0 aliphatic heterocycles. The van der Waals surface area contributed by atoms with Crippen LogP contribution in [-0.4, -0.2) is 6.54 Å². The van der Waals surface area contributed by atoms with Crippen molar-refractivity contribution in [2.75, 3.05) is 6.54 Å². The van der Waals surface area contributed by atoms with Gasteiger partial charge in [0.2, 0.25) is 0 Å². The van der Waals surface area contributed by atoms with E-state index in [-0.39, 0.29) is 6.04 Å². The van der Waals surface area contributed by atoms with E-state index in [0.29, 0.717) is 5.02 Å². The summed E-state index contributed by atoms with van der Waals surface area (Å²) in [5.74, 6) is 5.96. The standard InChI is InChI=1S/C13H15Cl2N/c1-3-5-6-13(16-4-2)11-9-10(14)7-8-12(11)15/h7-9,13,16H,4,6H2,1-2H3. The molecule has 0 aromatic heterocycles. The Bertz CT molecular complexity index is 404. The van der Waals surface area contributed by atoms with Crippen molar-refractivity contribution in [3.63, 3.8) is 0 Å². The quantitative estimate of drug-likeness (QED) is 0.801. The van der Waals surface area contributed by atoms with Gasteiger partial charge in [0.1, 0.15) is 0 Å². The second-order valence-electron chi connectivity index (χ2n) is 3.41. The Morgan fingerprint density at radius 3 is 2.75 bits per heavy atom. The molecule has 0 aliphatic rings. The van der Waals surface area contributed by atoms with Crippen LogP contribution >= 0.6 is 23.2 Å². The van der Waals surface area contributed by atoms with Crippen LogP contribution in [0.25, 0.3) is 0 Å². The molecule has 1 unspecified atom stereocenters. The number of rotatable bonds is 4. The third-order valence-electron chi connectivity index (χ3n) is 2.27. The van der Waals surface area contributed by atoms with Gasteiger partial charge in [-0.3, -0.25) is 0 Å². The minimum absolute atomic E-state index is 0.142. The van der Waals surface area contributed by atoms with Gasteiger partial charge in [0.05, 0.1) is 0 Å². The van der Waals surface area contributed by atoms with Crippen LogP contribution in [0, 0.1) is 11.8 Å². The average Bonchev–Trinajstić information content (AvgIpc) is 2.28. The Morgan fingerprint density at radius 2 is 2.12 bits per heavy atom. The molecular weight excluding hydrogens is 241 g/mol. The Kier molecular flexibility index (Phi) is 5.69. The average molecular weight is 256 g/mol. The third kappa shape index (κ3) is 3.72. The molecule has 0 saturated carbocycles. The van der Waals surface area contributed by atoms with E-state index in [0.717, 1.165) is 23.6 Å². The molecule has 1 rings (SSSR count). The van der Waals surface area contributed by atoms with Gasteiger partial charge in [-0.2, -0.15) is 0 Å². The minimum Gasteiger partial charge on any atom is -0.309 e. The lowest BCUT2D eigenvalue weighted by Gasteiger charge is -2.17. The van der Waals surface area contributed by atoms with Crippen LogP contribution in [-0.2, 0) is 0 Å². The third-order valence-corrected chi connectivity index (χ3v) is 2.85. The molecule has 1 atom stereocenters. The molecule has 0 bridgehead atoms. The monoisotopic (exact) mass is 255 g/mol. The highest BCUT2D eigenvalue weighted by molar-refractivity contribution is 6.33. The predicted octanol–water partition coefficient (Wildman–Crippen LogP) is 4.06. The maximum Gasteiger partial charge on any atom is 0.0455 e. The summed E-state index contributed by atoms with van der Waals surface area (Å²) in [5.41, 5.74) is 1.01. The summed E-state index contributed by atoms with van der Waals surface area (Å²) in [5, 5.41) is 4.79. The fourth-order valence-electron chi connectivity index (χ4n) is 1.52. The molecular formula is C13H15Cl2N. The van der Waals surface area contributed by atoms with E-state index in [1.807, 2.05) is 19.1 Å². The molecule has 1 aromatic rings. The van der Waals surface area contributed by atoms with Crippen LogP contribution in [0.1, 0.15) is 31.9 Å². The van der Waals surface area contributed by atoms with Crippen molar-refractivity contribution >= 4 is 23.2 Å². The van der Waals surface area contributed by atoms with Crippen LogP contribution in [0.4, 0.5) is 0 Å². The largest absolute Gasteiger partial charge is 0.309 e. The number of hydrogen-bond donors (Lipinski definition) is 1. The molecule has 0 aliphatic carbocycles. The zero-order valence-electron chi connectivity index (χ0n) is 9.48. The van der Waals surface area contributed by atoms with E-state index >= 15 is 0 Å². The minimum atomic E-state index is 0.142. The molecule has 1 N–H and O–H groups in total. The lowest BCUT2D eigenvalue weighted by Crippen LogP contribution is -2.20. The summed E-state index contributed by atoms with van der Waals surface area (Å²) < 4.78 is 0. The van der Waals surface area contributed by atoms with Crippen LogP contribution in [0.2, 0.25) is 10.0 Å². The SMILES string of the molecule is CC#CCC(NCC)c1cc(Cl)ccc1Cl. The molecule has 0 radical (unpaired) electrons. The van der Waals surface area contributed by atoms with Gasteiger partial charge in [0.25, 0.3) is 0 Å². The van der Waals surface area contributed by atoms with Crippen molar-refractivity contribution in [2.45, 2.75) is 26.3 Å². The van der Waals surface area contributed by atoms with E-state index in [1.54, 1.807) is 6.07 Å². The molecule has 1 nitrogen and oxygen atoms in total. The smallest absolute Gasteiger partial charge is 0.0455 e. The fourth-order valence-corrected chi connectivity index (χ4v) is 1.95. The summed E-state index contributed by atoms with van der Waals surface area (Å²) in [6.07, 6.45) is 0.740. The summed E-state index contributed by atoms with van der Waals surface area (Å²) >= 11 is 12.1. The van der Waals surface area contributed by atoms with Crippen molar-refractivity contribution in [2.24, 2.45) is 0 Å². The van der Waals surface area contributed by atoms with Gasteiger partial charge in [-0.05, 0) is 37.2 Å². The zero-order valence-corrected chi connectivity index (χ0v) is 11.0. The zero-order chi connectivity index (χ0) is 12.0. The van der Waals surface area contributed by atoms with Gasteiger partial charge in [-0.1, -0.05) is 30.1 Å². The Labute approximate surface area is 107 Å². The highest BCUT2D eigenvalue weighted by atomic mass is 35.5. The number of halogens is 2. The Morgan fingerprint density at radius 1 is 1.38 bits per heavy atom. The fraction of sp³-hybridized carbons (Fsp3) is 0.385. The molecule has 0 fully saturated rings. The van der Waals surface area contributed by atoms with E-state index in [2.05, 4.69) is 24.1 Å². The first-order valence-corrected chi connectivity index (χ1v) is 6.02. The Hall–Kier alpha value is -0.680. The van der Waals surface area contributed by atoms with Crippen molar-refractivity contribution in [1.29, 1.82) is 0 Å². The van der Waals surface area contributed by atoms with Gasteiger partial charge < -0.3 is 5.32 Å². The van der Waals surface area contributed by atoms with E-state index in [4.69, 9.17) is 23.2 Å². The maximum atomic E-state index is 6.16. The number of hydrogen-bond acceptors (Lipinski definition) is 1. The lowest BCUT2D eigenvalue weighted by molar-refractivity contribution is 0.565. The van der Waals surface area contributed by atoms with Crippen molar-refractivity contribution < 1.29 is 0 Å². The topological polar surface area (TPSA) is 12.0 Å². The van der Waals surface area contributed by atoms with Gasteiger partial charge >= 0.3 is 0 Å². The molecule has 0 amide bonds. The van der Waals surface area contributed by atoms with E-state index < -0.39 is 0 Å². The van der Waals surface area contributed by atoms with Crippen molar-refractivity contribution in [1.82, 2.24) is 5.32 Å². The van der Waals surface area contributed by atoms with Crippen LogP contribution in [0.5, 0.6) is 0 Å². The van der Waals surface area contributed by atoms with Gasteiger partial charge in [-0.25, -0.2) is 0 Å². The van der Waals surface area contributed by atoms with Gasteiger partial charge in [-0.15, -0.1) is 11.8 Å².